The van der Waals surface area contributed by atoms with Crippen LogP contribution in [0.15, 0.2) is 128 Å². The third kappa shape index (κ3) is 10.2. The minimum atomic E-state index is -0.607. The molecule has 4 aromatic carbocycles. The van der Waals surface area contributed by atoms with Crippen LogP contribution < -0.4 is 40.8 Å². The summed E-state index contributed by atoms with van der Waals surface area (Å²) in [5.74, 6) is -1.23. The van der Waals surface area contributed by atoms with E-state index in [1.54, 1.807) is 69.3 Å². The summed E-state index contributed by atoms with van der Waals surface area (Å²) >= 11 is 0. The largest absolute Gasteiger partial charge is 1.00 e. The fraction of sp³-hybridized carbons (Fsp3) is 0.238. The van der Waals surface area contributed by atoms with E-state index in [0.29, 0.717) is 34.8 Å². The molecule has 0 saturated carbocycles. The van der Waals surface area contributed by atoms with Crippen LogP contribution in [0, 0.1) is 0 Å². The van der Waals surface area contributed by atoms with Gasteiger partial charge in [0, 0.05) is 44.1 Å². The van der Waals surface area contributed by atoms with E-state index in [1.165, 1.54) is 0 Å². The van der Waals surface area contributed by atoms with Crippen molar-refractivity contribution in [3.8, 4) is 11.5 Å². The van der Waals surface area contributed by atoms with Crippen LogP contribution in [-0.4, -0.2) is 33.5 Å². The minimum Gasteiger partial charge on any atom is -0.507 e. The molecular formula is C42H42NaO9+. The third-order valence-electron chi connectivity index (χ3n) is 8.39. The van der Waals surface area contributed by atoms with Gasteiger partial charge >= 0.3 is 40.8 Å². The monoisotopic (exact) mass is 713 g/mol. The number of Topliss-reactive ketones (excluding diaryl/α,β-unsaturated/α-hetero) is 2. The van der Waals surface area contributed by atoms with Crippen LogP contribution in [0.25, 0.3) is 21.9 Å². The smallest absolute Gasteiger partial charge is 0.507 e. The second-order valence-corrected chi connectivity index (χ2v) is 11.7. The topological polar surface area (TPSA) is 155 Å². The Balaban J connectivity index is 0.000000256. The molecule has 0 aliphatic heterocycles. The number of aliphatic hydroxyl groups excluding tert-OH is 1. The zero-order chi connectivity index (χ0) is 36.9. The SMILES string of the molecule is CCC(=O)CC(c1ccccc1)c1c(O)c2ccccc2oc1=O.CCC(=O)CC(c1ccccc1)c1c(O)c2ccccc2oc1=O.CCO.[Na+]. The van der Waals surface area contributed by atoms with Crippen molar-refractivity contribution in [2.45, 2.75) is 58.3 Å². The molecule has 0 fully saturated rings. The first-order valence-electron chi connectivity index (χ1n) is 16.9. The number of aromatic hydroxyl groups is 2. The molecule has 2 atom stereocenters. The quantitative estimate of drug-likeness (QED) is 0.131. The number of aliphatic hydroxyl groups is 1. The van der Waals surface area contributed by atoms with Gasteiger partial charge in [-0.25, -0.2) is 9.59 Å². The van der Waals surface area contributed by atoms with Crippen LogP contribution >= 0.6 is 0 Å². The maximum absolute atomic E-state index is 12.5. The molecule has 0 saturated heterocycles. The third-order valence-corrected chi connectivity index (χ3v) is 8.39. The molecule has 0 bridgehead atoms. The van der Waals surface area contributed by atoms with Gasteiger partial charge in [-0.1, -0.05) is 98.8 Å². The van der Waals surface area contributed by atoms with Gasteiger partial charge in [0.2, 0.25) is 0 Å². The van der Waals surface area contributed by atoms with Gasteiger partial charge in [-0.2, -0.15) is 0 Å². The van der Waals surface area contributed by atoms with Crippen LogP contribution in [0.5, 0.6) is 11.5 Å². The maximum atomic E-state index is 12.5. The first-order chi connectivity index (χ1) is 24.6. The van der Waals surface area contributed by atoms with E-state index in [4.69, 9.17) is 13.9 Å². The summed E-state index contributed by atoms with van der Waals surface area (Å²) in [6.45, 7) is 5.50. The Bertz CT molecular complexity index is 2030. The fourth-order valence-electron chi connectivity index (χ4n) is 5.80. The van der Waals surface area contributed by atoms with Gasteiger partial charge in [0.05, 0.1) is 21.9 Å². The van der Waals surface area contributed by atoms with Crippen molar-refractivity contribution in [3.63, 3.8) is 0 Å². The van der Waals surface area contributed by atoms with Crippen molar-refractivity contribution in [2.24, 2.45) is 0 Å². The Morgan fingerprint density at radius 1 is 0.558 bits per heavy atom. The molecule has 2 aromatic heterocycles. The molecule has 6 rings (SSSR count). The Labute approximate surface area is 323 Å². The van der Waals surface area contributed by atoms with Crippen LogP contribution in [0.2, 0.25) is 0 Å². The first kappa shape index (κ1) is 41.6. The number of rotatable bonds is 10. The van der Waals surface area contributed by atoms with E-state index in [2.05, 4.69) is 0 Å². The van der Waals surface area contributed by atoms with Crippen LogP contribution in [0.1, 0.15) is 80.5 Å². The van der Waals surface area contributed by atoms with E-state index in [9.17, 15) is 29.4 Å². The van der Waals surface area contributed by atoms with Gasteiger partial charge in [-0.3, -0.25) is 9.59 Å². The predicted octanol–water partition coefficient (Wildman–Crippen LogP) is 5.00. The summed E-state index contributed by atoms with van der Waals surface area (Å²) in [5.41, 5.74) is 1.33. The van der Waals surface area contributed by atoms with E-state index in [0.717, 1.165) is 11.1 Å². The van der Waals surface area contributed by atoms with Crippen LogP contribution in [-0.2, 0) is 9.59 Å². The van der Waals surface area contributed by atoms with Gasteiger partial charge in [-0.15, -0.1) is 0 Å². The number of para-hydroxylation sites is 2. The predicted molar refractivity (Wildman–Crippen MR) is 197 cm³/mol. The van der Waals surface area contributed by atoms with E-state index >= 15 is 0 Å². The maximum Gasteiger partial charge on any atom is 1.00 e. The van der Waals surface area contributed by atoms with Crippen molar-refractivity contribution < 1.29 is 63.3 Å². The molecule has 0 aliphatic carbocycles. The molecule has 52 heavy (non-hydrogen) atoms. The Kier molecular flexibility index (Phi) is 16.2. The number of fused-ring (bicyclic) bond motifs is 2. The zero-order valence-corrected chi connectivity index (χ0v) is 31.9. The Hall–Kier alpha value is -4.80. The molecule has 2 heterocycles. The number of hydrogen-bond donors (Lipinski definition) is 3. The molecule has 264 valence electrons. The molecule has 0 aliphatic rings. The van der Waals surface area contributed by atoms with Gasteiger partial charge in [0.15, 0.2) is 0 Å². The molecule has 0 radical (unpaired) electrons. The van der Waals surface area contributed by atoms with Crippen LogP contribution in [0.4, 0.5) is 0 Å². The number of hydrogen-bond acceptors (Lipinski definition) is 9. The first-order valence-corrected chi connectivity index (χ1v) is 16.9. The van der Waals surface area contributed by atoms with Crippen molar-refractivity contribution in [3.05, 3.63) is 152 Å². The molecule has 6 aromatic rings. The van der Waals surface area contributed by atoms with E-state index in [1.807, 2.05) is 60.7 Å². The van der Waals surface area contributed by atoms with E-state index < -0.39 is 23.1 Å². The molecule has 3 N–H and O–H groups in total. The molecule has 0 amide bonds. The normalized spacial score (nSPS) is 11.6. The summed E-state index contributed by atoms with van der Waals surface area (Å²) in [6.07, 6.45) is 1.06. The fourth-order valence-corrected chi connectivity index (χ4v) is 5.80. The second-order valence-electron chi connectivity index (χ2n) is 11.7. The van der Waals surface area contributed by atoms with Crippen molar-refractivity contribution in [1.82, 2.24) is 0 Å². The average molecular weight is 714 g/mol. The minimum absolute atomic E-state index is 0. The number of benzene rings is 4. The standard InChI is InChI=1S/2C20H18O4.C2H6O.Na/c2*1-2-14(21)12-16(13-8-4-3-5-9-13)18-19(22)15-10-6-7-11-17(15)24-20(18)23;1-2-3;/h2*3-11,16,22H,2,12H2,1H3;3H,2H2,1H3;/q;;;+1. The van der Waals surface area contributed by atoms with Crippen molar-refractivity contribution in [2.75, 3.05) is 6.61 Å². The molecule has 9 nitrogen and oxygen atoms in total. The van der Waals surface area contributed by atoms with Gasteiger partial charge < -0.3 is 24.2 Å². The summed E-state index contributed by atoms with van der Waals surface area (Å²) < 4.78 is 10.7. The van der Waals surface area contributed by atoms with Crippen molar-refractivity contribution in [1.29, 1.82) is 0 Å². The van der Waals surface area contributed by atoms with Crippen molar-refractivity contribution >= 4 is 33.5 Å². The van der Waals surface area contributed by atoms with Gasteiger partial charge in [-0.05, 0) is 42.3 Å². The zero-order valence-electron chi connectivity index (χ0n) is 29.9. The summed E-state index contributed by atoms with van der Waals surface area (Å²) in [4.78, 5) is 49.1. The number of ketones is 2. The van der Waals surface area contributed by atoms with Gasteiger partial charge in [0.25, 0.3) is 0 Å². The van der Waals surface area contributed by atoms with Gasteiger partial charge in [0.1, 0.15) is 34.2 Å². The molecule has 2 unspecified atom stereocenters. The summed E-state index contributed by atoms with van der Waals surface area (Å²) in [5, 5.41) is 29.9. The second kappa shape index (κ2) is 20.3. The average Bonchev–Trinajstić information content (AvgIpc) is 3.15. The molecule has 0 spiro atoms. The van der Waals surface area contributed by atoms with Crippen LogP contribution in [0.3, 0.4) is 0 Å². The molecule has 10 heteroatoms. The number of carbonyl (C=O) groups is 2. The molecular weight excluding hydrogens is 671 g/mol. The summed E-state index contributed by atoms with van der Waals surface area (Å²) in [7, 11) is 0. The Morgan fingerprint density at radius 2 is 0.865 bits per heavy atom. The summed E-state index contributed by atoms with van der Waals surface area (Å²) in [6, 6.07) is 32.2. The Morgan fingerprint density at radius 3 is 1.19 bits per heavy atom. The van der Waals surface area contributed by atoms with E-state index in [-0.39, 0.29) is 83.2 Å². The number of carbonyl (C=O) groups excluding carboxylic acids is 2.